The van der Waals surface area contributed by atoms with E-state index in [0.29, 0.717) is 6.54 Å². The van der Waals surface area contributed by atoms with Gasteiger partial charge in [0.1, 0.15) is 0 Å². The Labute approximate surface area is 294 Å². The summed E-state index contributed by atoms with van der Waals surface area (Å²) in [5, 5.41) is 3.68. The molecule has 0 aliphatic heterocycles. The molecule has 0 spiro atoms. The Bertz CT molecular complexity index is 2220. The molecule has 0 heterocycles. The lowest BCUT2D eigenvalue weighted by Gasteiger charge is -2.14. The molecule has 0 saturated heterocycles. The van der Waals surface area contributed by atoms with Crippen LogP contribution in [0.2, 0.25) is 0 Å². The zero-order valence-electron chi connectivity index (χ0n) is 27.1. The van der Waals surface area contributed by atoms with Gasteiger partial charge in [-0.3, -0.25) is 4.99 Å². The van der Waals surface area contributed by atoms with Crippen molar-refractivity contribution in [1.82, 2.24) is 0 Å². The lowest BCUT2D eigenvalue weighted by molar-refractivity contribution is 1.08. The summed E-state index contributed by atoms with van der Waals surface area (Å²) in [4.78, 5) is 5.64. The first-order valence-corrected chi connectivity index (χ1v) is 16.9. The summed E-state index contributed by atoms with van der Waals surface area (Å²) in [6, 6.07) is 61.4. The molecular formula is C46H36N2S. The third-order valence-electron chi connectivity index (χ3n) is 8.44. The fourth-order valence-electron chi connectivity index (χ4n) is 5.88. The fraction of sp³-hybridized carbons (Fsp3) is 0.0217. The summed E-state index contributed by atoms with van der Waals surface area (Å²) in [6.07, 6.45) is 6.29. The van der Waals surface area contributed by atoms with Gasteiger partial charge in [-0.25, -0.2) is 0 Å². The van der Waals surface area contributed by atoms with Gasteiger partial charge in [-0.1, -0.05) is 146 Å². The molecule has 0 atom stereocenters. The zero-order valence-corrected chi connectivity index (χ0v) is 28.0. The summed E-state index contributed by atoms with van der Waals surface area (Å²) in [7, 11) is 0. The van der Waals surface area contributed by atoms with Gasteiger partial charge in [-0.05, 0) is 98.1 Å². The second-order valence-corrected chi connectivity index (χ2v) is 12.4. The number of hydrogen-bond acceptors (Lipinski definition) is 3. The van der Waals surface area contributed by atoms with Gasteiger partial charge in [-0.15, -0.1) is 12.6 Å². The molecule has 236 valence electrons. The van der Waals surface area contributed by atoms with E-state index >= 15 is 0 Å². The lowest BCUT2D eigenvalue weighted by atomic mass is 9.95. The van der Waals surface area contributed by atoms with Crippen LogP contribution in [0.1, 0.15) is 22.3 Å². The van der Waals surface area contributed by atoms with E-state index in [1.54, 1.807) is 0 Å². The van der Waals surface area contributed by atoms with Crippen molar-refractivity contribution in [3.63, 3.8) is 0 Å². The lowest BCUT2D eigenvalue weighted by Crippen LogP contribution is -1.95. The van der Waals surface area contributed by atoms with Gasteiger partial charge in [0, 0.05) is 22.5 Å². The Morgan fingerprint density at radius 3 is 1.88 bits per heavy atom. The summed E-state index contributed by atoms with van der Waals surface area (Å²) in [5.41, 5.74) is 13.5. The molecule has 0 aromatic heterocycles. The van der Waals surface area contributed by atoms with E-state index in [0.717, 1.165) is 66.3 Å². The Kier molecular flexibility index (Phi) is 9.92. The van der Waals surface area contributed by atoms with Gasteiger partial charge in [0.05, 0.1) is 6.54 Å². The smallest absolute Gasteiger partial charge is 0.0639 e. The van der Waals surface area contributed by atoms with Crippen LogP contribution in [0.25, 0.3) is 45.5 Å². The van der Waals surface area contributed by atoms with Gasteiger partial charge in [-0.2, -0.15) is 0 Å². The zero-order chi connectivity index (χ0) is 33.3. The van der Waals surface area contributed by atoms with Crippen LogP contribution in [0.4, 0.5) is 11.4 Å². The SMILES string of the molecule is Sc1ccc(-c2cccc(-c3ccc(Nc4cccc(C=NCc5ccccc5)c4)c(/C=C\c4ccccc4)c3)c2)cc1-c1ccccc1. The van der Waals surface area contributed by atoms with Crippen LogP contribution in [-0.4, -0.2) is 6.21 Å². The van der Waals surface area contributed by atoms with E-state index < -0.39 is 0 Å². The van der Waals surface area contributed by atoms with E-state index in [2.05, 4.69) is 168 Å². The minimum atomic E-state index is 0.657. The van der Waals surface area contributed by atoms with Crippen LogP contribution in [0, 0.1) is 0 Å². The van der Waals surface area contributed by atoms with E-state index in [9.17, 15) is 0 Å². The molecule has 3 heteroatoms. The fourth-order valence-corrected chi connectivity index (χ4v) is 6.15. The van der Waals surface area contributed by atoms with Crippen LogP contribution in [0.3, 0.4) is 0 Å². The molecule has 7 aromatic rings. The first-order chi connectivity index (χ1) is 24.2. The van der Waals surface area contributed by atoms with Crippen LogP contribution in [0.15, 0.2) is 186 Å². The van der Waals surface area contributed by atoms with Crippen molar-refractivity contribution < 1.29 is 0 Å². The highest BCUT2D eigenvalue weighted by atomic mass is 32.1. The molecule has 0 aliphatic rings. The van der Waals surface area contributed by atoms with E-state index in [-0.39, 0.29) is 0 Å². The van der Waals surface area contributed by atoms with Gasteiger partial charge < -0.3 is 5.32 Å². The molecule has 0 saturated carbocycles. The second kappa shape index (κ2) is 15.3. The van der Waals surface area contributed by atoms with E-state index in [1.807, 2.05) is 36.5 Å². The number of nitrogens with zero attached hydrogens (tertiary/aromatic N) is 1. The molecule has 7 aromatic carbocycles. The monoisotopic (exact) mass is 648 g/mol. The van der Waals surface area contributed by atoms with Crippen molar-refractivity contribution in [3.8, 4) is 33.4 Å². The summed E-state index contributed by atoms with van der Waals surface area (Å²) in [6.45, 7) is 0.657. The maximum Gasteiger partial charge on any atom is 0.0639 e. The normalized spacial score (nSPS) is 11.3. The second-order valence-electron chi connectivity index (χ2n) is 11.9. The van der Waals surface area contributed by atoms with Crippen LogP contribution < -0.4 is 5.32 Å². The molecular weight excluding hydrogens is 613 g/mol. The average molecular weight is 649 g/mol. The van der Waals surface area contributed by atoms with Crippen LogP contribution in [0.5, 0.6) is 0 Å². The van der Waals surface area contributed by atoms with Crippen LogP contribution in [-0.2, 0) is 6.54 Å². The van der Waals surface area contributed by atoms with Gasteiger partial charge in [0.25, 0.3) is 0 Å². The Morgan fingerprint density at radius 1 is 0.490 bits per heavy atom. The highest BCUT2D eigenvalue weighted by Crippen LogP contribution is 2.35. The number of aliphatic imine (C=N–C) groups is 1. The maximum atomic E-state index is 4.76. The quantitative estimate of drug-likeness (QED) is 0.0861. The van der Waals surface area contributed by atoms with Gasteiger partial charge in [0.2, 0.25) is 0 Å². The highest BCUT2D eigenvalue weighted by molar-refractivity contribution is 7.80. The highest BCUT2D eigenvalue weighted by Gasteiger charge is 2.09. The van der Waals surface area contributed by atoms with Gasteiger partial charge >= 0.3 is 0 Å². The van der Waals surface area contributed by atoms with Crippen LogP contribution >= 0.6 is 12.6 Å². The van der Waals surface area contributed by atoms with Crippen molar-refractivity contribution >= 4 is 42.4 Å². The Hall–Kier alpha value is -5.90. The number of benzene rings is 7. The molecule has 49 heavy (non-hydrogen) atoms. The Balaban J connectivity index is 1.19. The van der Waals surface area contributed by atoms with Gasteiger partial charge in [0.15, 0.2) is 0 Å². The molecule has 0 radical (unpaired) electrons. The first kappa shape index (κ1) is 31.7. The largest absolute Gasteiger partial charge is 0.355 e. The molecule has 0 bridgehead atoms. The van der Waals surface area contributed by atoms with Crippen molar-refractivity contribution in [2.24, 2.45) is 4.99 Å². The standard InChI is InChI=1S/C46H36N2S/c49-46-27-25-41(31-44(46)37-17-8-3-9-18-37)39-20-11-19-38(29-39)40-24-26-45(42(30-40)23-22-34-12-4-1-5-13-34)48-43-21-10-16-36(28-43)33-47-32-35-14-6-2-7-15-35/h1-31,33,48-49H,32H2/b23-22-,47-33?. The number of hydrogen-bond donors (Lipinski definition) is 2. The molecule has 1 N–H and O–H groups in total. The van der Waals surface area contributed by atoms with Crippen molar-refractivity contribution in [2.45, 2.75) is 11.4 Å². The maximum absolute atomic E-state index is 4.76. The third kappa shape index (κ3) is 8.16. The molecule has 0 fully saturated rings. The predicted octanol–water partition coefficient (Wildman–Crippen LogP) is 12.5. The number of rotatable bonds is 10. The number of thiol groups is 1. The molecule has 0 aliphatic carbocycles. The van der Waals surface area contributed by atoms with E-state index in [1.165, 1.54) is 5.56 Å². The number of nitrogens with one attached hydrogen (secondary N) is 1. The minimum Gasteiger partial charge on any atom is -0.355 e. The first-order valence-electron chi connectivity index (χ1n) is 16.5. The molecule has 0 amide bonds. The molecule has 0 unspecified atom stereocenters. The predicted molar refractivity (Wildman–Crippen MR) is 213 cm³/mol. The molecule has 2 nitrogen and oxygen atoms in total. The van der Waals surface area contributed by atoms with E-state index in [4.69, 9.17) is 12.6 Å². The van der Waals surface area contributed by atoms with Crippen molar-refractivity contribution in [2.75, 3.05) is 5.32 Å². The summed E-state index contributed by atoms with van der Waals surface area (Å²) in [5.74, 6) is 0. The topological polar surface area (TPSA) is 24.4 Å². The summed E-state index contributed by atoms with van der Waals surface area (Å²) >= 11 is 4.76. The van der Waals surface area contributed by atoms with Crippen molar-refractivity contribution in [3.05, 3.63) is 198 Å². The van der Waals surface area contributed by atoms with Crippen molar-refractivity contribution in [1.29, 1.82) is 0 Å². The average Bonchev–Trinajstić information content (AvgIpc) is 3.16. The third-order valence-corrected chi connectivity index (χ3v) is 8.83. The Morgan fingerprint density at radius 2 is 1.10 bits per heavy atom. The number of anilines is 2. The summed E-state index contributed by atoms with van der Waals surface area (Å²) < 4.78 is 0. The molecule has 7 rings (SSSR count). The minimum absolute atomic E-state index is 0.657.